The van der Waals surface area contributed by atoms with Crippen LogP contribution in [0.5, 0.6) is 17.2 Å². The maximum Gasteiger partial charge on any atom is 0.259 e. The number of nitrogens with one attached hydrogen (secondary N) is 1. The topological polar surface area (TPSA) is 90.2 Å². The van der Waals surface area contributed by atoms with Crippen molar-refractivity contribution in [3.8, 4) is 17.2 Å². The zero-order valence-electron chi connectivity index (χ0n) is 23.3. The van der Waals surface area contributed by atoms with Crippen molar-refractivity contribution in [3.05, 3.63) is 106 Å². The number of carbonyl (C=O) groups excluding carboxylic acids is 1. The van der Waals surface area contributed by atoms with Crippen molar-refractivity contribution in [2.45, 2.75) is 6.42 Å². The Morgan fingerprint density at radius 1 is 0.854 bits per heavy atom. The van der Waals surface area contributed by atoms with E-state index in [1.54, 1.807) is 68.8 Å². The van der Waals surface area contributed by atoms with Crippen LogP contribution in [0.25, 0.3) is 21.9 Å². The second-order valence-corrected chi connectivity index (χ2v) is 9.68. The molecule has 0 aliphatic carbocycles. The van der Waals surface area contributed by atoms with Crippen molar-refractivity contribution < 1.29 is 23.4 Å². The molecule has 1 heterocycles. The molecule has 0 aliphatic heterocycles. The van der Waals surface area contributed by atoms with Gasteiger partial charge in [-0.15, -0.1) is 0 Å². The van der Waals surface area contributed by atoms with Crippen molar-refractivity contribution >= 4 is 33.5 Å². The standard InChI is InChI=1S/C33H32N2O6/c1-35(18-17-22-11-16-29(38-2)30(21-22)39-3)19-20-40-24-14-12-23(13-15-24)34-33(37)27-9-6-8-26-31(36)25-7-4-5-10-28(25)41-32(26)27/h4-16,21H,17-20H2,1-3H3,(H,34,37). The SMILES string of the molecule is COc1ccc(CCN(C)CCOc2ccc(NC(=O)c3cccc4c(=O)c5ccccc5oc34)cc2)cc1OC. The number of likely N-dealkylation sites (N-methyl/N-ethyl adjacent to an activating group) is 1. The number of rotatable bonds is 11. The van der Waals surface area contributed by atoms with Gasteiger partial charge in [0.15, 0.2) is 17.1 Å². The molecule has 0 radical (unpaired) electrons. The lowest BCUT2D eigenvalue weighted by Gasteiger charge is -2.17. The fraction of sp³-hybridized carbons (Fsp3) is 0.212. The highest BCUT2D eigenvalue weighted by Crippen LogP contribution is 2.28. The zero-order chi connectivity index (χ0) is 28.8. The van der Waals surface area contributed by atoms with Crippen molar-refractivity contribution in [2.75, 3.05) is 46.3 Å². The van der Waals surface area contributed by atoms with Crippen LogP contribution in [-0.2, 0) is 6.42 Å². The number of amides is 1. The summed E-state index contributed by atoms with van der Waals surface area (Å²) >= 11 is 0. The number of hydrogen-bond acceptors (Lipinski definition) is 7. The monoisotopic (exact) mass is 552 g/mol. The van der Waals surface area contributed by atoms with Gasteiger partial charge in [0.05, 0.1) is 30.6 Å². The van der Waals surface area contributed by atoms with E-state index >= 15 is 0 Å². The lowest BCUT2D eigenvalue weighted by molar-refractivity contribution is 0.102. The Bertz CT molecular complexity index is 1730. The summed E-state index contributed by atoms with van der Waals surface area (Å²) in [6.45, 7) is 2.15. The molecule has 210 valence electrons. The summed E-state index contributed by atoms with van der Waals surface area (Å²) in [5, 5.41) is 3.74. The first-order chi connectivity index (χ1) is 20.0. The average molecular weight is 553 g/mol. The molecule has 1 N–H and O–H groups in total. The fourth-order valence-corrected chi connectivity index (χ4v) is 4.62. The number of methoxy groups -OCH3 is 2. The molecule has 8 nitrogen and oxygen atoms in total. The molecule has 1 amide bonds. The number of para-hydroxylation sites is 2. The third-order valence-electron chi connectivity index (χ3n) is 6.93. The van der Waals surface area contributed by atoms with Crippen LogP contribution in [0.3, 0.4) is 0 Å². The summed E-state index contributed by atoms with van der Waals surface area (Å²) in [5.41, 5.74) is 2.62. The van der Waals surface area contributed by atoms with Gasteiger partial charge in [-0.1, -0.05) is 24.3 Å². The minimum atomic E-state index is -0.362. The van der Waals surface area contributed by atoms with Crippen molar-refractivity contribution in [2.24, 2.45) is 0 Å². The van der Waals surface area contributed by atoms with Crippen molar-refractivity contribution in [1.29, 1.82) is 0 Å². The quantitative estimate of drug-likeness (QED) is 0.208. The zero-order valence-corrected chi connectivity index (χ0v) is 23.3. The summed E-state index contributed by atoms with van der Waals surface area (Å²) < 4.78 is 22.6. The summed E-state index contributed by atoms with van der Waals surface area (Å²) in [4.78, 5) is 28.2. The smallest absolute Gasteiger partial charge is 0.259 e. The maximum atomic E-state index is 13.1. The molecule has 5 aromatic rings. The van der Waals surface area contributed by atoms with E-state index in [9.17, 15) is 9.59 Å². The van der Waals surface area contributed by atoms with Crippen LogP contribution < -0.4 is 25.0 Å². The molecule has 0 bridgehead atoms. The first-order valence-corrected chi connectivity index (χ1v) is 13.3. The molecule has 4 aromatic carbocycles. The van der Waals surface area contributed by atoms with E-state index in [0.717, 1.165) is 31.0 Å². The largest absolute Gasteiger partial charge is 0.493 e. The van der Waals surface area contributed by atoms with Gasteiger partial charge in [-0.3, -0.25) is 9.59 Å². The molecule has 0 saturated heterocycles. The number of anilines is 1. The van der Waals surface area contributed by atoms with Crippen molar-refractivity contribution in [1.82, 2.24) is 4.90 Å². The highest BCUT2D eigenvalue weighted by molar-refractivity contribution is 6.12. The first-order valence-electron chi connectivity index (χ1n) is 13.3. The summed E-state index contributed by atoms with van der Waals surface area (Å²) in [5.74, 6) is 1.80. The third-order valence-corrected chi connectivity index (χ3v) is 6.93. The number of benzene rings is 4. The Kier molecular flexibility index (Phi) is 8.50. The van der Waals surface area contributed by atoms with Gasteiger partial charge in [-0.05, 0) is 79.7 Å². The van der Waals surface area contributed by atoms with E-state index < -0.39 is 0 Å². The summed E-state index contributed by atoms with van der Waals surface area (Å²) in [6.07, 6.45) is 0.877. The van der Waals surface area contributed by atoms with Crippen molar-refractivity contribution in [3.63, 3.8) is 0 Å². The maximum absolute atomic E-state index is 13.1. The number of fused-ring (bicyclic) bond motifs is 2. The second-order valence-electron chi connectivity index (χ2n) is 9.68. The Balaban J connectivity index is 1.15. The van der Waals surface area contributed by atoms with Crippen LogP contribution in [0.2, 0.25) is 0 Å². The third kappa shape index (κ3) is 6.34. The van der Waals surface area contributed by atoms with Crippen LogP contribution in [0.15, 0.2) is 94.1 Å². The van der Waals surface area contributed by atoms with E-state index in [-0.39, 0.29) is 16.9 Å². The number of hydrogen-bond donors (Lipinski definition) is 1. The Hall–Kier alpha value is -4.82. The molecule has 0 spiro atoms. The molecule has 5 rings (SSSR count). The molecule has 0 unspecified atom stereocenters. The van der Waals surface area contributed by atoms with E-state index in [0.29, 0.717) is 40.0 Å². The Morgan fingerprint density at radius 3 is 2.39 bits per heavy atom. The Morgan fingerprint density at radius 2 is 1.61 bits per heavy atom. The molecule has 41 heavy (non-hydrogen) atoms. The lowest BCUT2D eigenvalue weighted by Crippen LogP contribution is -2.26. The highest BCUT2D eigenvalue weighted by Gasteiger charge is 2.16. The Labute approximate surface area is 238 Å². The molecule has 0 fully saturated rings. The lowest BCUT2D eigenvalue weighted by atomic mass is 10.1. The molecular weight excluding hydrogens is 520 g/mol. The molecule has 0 saturated carbocycles. The van der Waals surface area contributed by atoms with Gasteiger partial charge < -0.3 is 28.8 Å². The van der Waals surface area contributed by atoms with Crippen LogP contribution in [0, 0.1) is 0 Å². The molecule has 8 heteroatoms. The minimum Gasteiger partial charge on any atom is -0.493 e. The molecule has 1 aromatic heterocycles. The minimum absolute atomic E-state index is 0.162. The average Bonchev–Trinajstić information content (AvgIpc) is 3.00. The summed E-state index contributed by atoms with van der Waals surface area (Å²) in [7, 11) is 5.32. The fourth-order valence-electron chi connectivity index (χ4n) is 4.62. The van der Waals surface area contributed by atoms with E-state index in [4.69, 9.17) is 18.6 Å². The predicted octanol–water partition coefficient (Wildman–Crippen LogP) is 5.77. The normalized spacial score (nSPS) is 11.1. The van der Waals surface area contributed by atoms with Gasteiger partial charge in [-0.2, -0.15) is 0 Å². The predicted molar refractivity (Wildman–Crippen MR) is 161 cm³/mol. The van der Waals surface area contributed by atoms with Gasteiger partial charge in [0.2, 0.25) is 5.43 Å². The van der Waals surface area contributed by atoms with Gasteiger partial charge in [0.25, 0.3) is 5.91 Å². The van der Waals surface area contributed by atoms with E-state index in [1.165, 1.54) is 5.56 Å². The van der Waals surface area contributed by atoms with Crippen LogP contribution in [0.4, 0.5) is 5.69 Å². The van der Waals surface area contributed by atoms with Gasteiger partial charge in [-0.25, -0.2) is 0 Å². The van der Waals surface area contributed by atoms with Gasteiger partial charge >= 0.3 is 0 Å². The van der Waals surface area contributed by atoms with Gasteiger partial charge in [0, 0.05) is 18.8 Å². The number of ether oxygens (including phenoxy) is 3. The molecule has 0 atom stereocenters. The van der Waals surface area contributed by atoms with Gasteiger partial charge in [0.1, 0.15) is 17.9 Å². The second kappa shape index (κ2) is 12.6. The number of nitrogens with zero attached hydrogens (tertiary/aromatic N) is 1. The molecule has 0 aliphatic rings. The highest BCUT2D eigenvalue weighted by atomic mass is 16.5. The first kappa shape index (κ1) is 27.7. The molecular formula is C33H32N2O6. The number of carbonyl (C=O) groups is 1. The summed E-state index contributed by atoms with van der Waals surface area (Å²) in [6, 6.07) is 25.2. The van der Waals surface area contributed by atoms with Crippen LogP contribution in [0.1, 0.15) is 15.9 Å². The van der Waals surface area contributed by atoms with E-state index in [1.807, 2.05) is 30.3 Å². The van der Waals surface area contributed by atoms with E-state index in [2.05, 4.69) is 17.3 Å². The van der Waals surface area contributed by atoms with Crippen LogP contribution in [-0.4, -0.2) is 51.8 Å². The van der Waals surface area contributed by atoms with Crippen LogP contribution >= 0.6 is 0 Å².